The molecule has 15 heteroatoms. The van der Waals surface area contributed by atoms with Gasteiger partial charge in [-0.1, -0.05) is 0 Å². The minimum atomic E-state index is -1.94. The molecular weight excluding hydrogens is 564 g/mol. The second-order valence-corrected chi connectivity index (χ2v) is 10.3. The average Bonchev–Trinajstić information content (AvgIpc) is 2.96. The number of hydrogen-bond acceptors (Lipinski definition) is 15. The van der Waals surface area contributed by atoms with E-state index in [0.717, 1.165) is 6.07 Å². The third-order valence-corrected chi connectivity index (χ3v) is 7.69. The van der Waals surface area contributed by atoms with Crippen molar-refractivity contribution >= 4 is 11.0 Å². The summed E-state index contributed by atoms with van der Waals surface area (Å²) < 4.78 is 17.0. The third kappa shape index (κ3) is 4.79. The SMILES string of the molecule is O=c1c([C@@H]2O[C@H](CO)[C@@H](O)[C@@H](O)[C@H]2O)c(-c2ccc(O)cc2)oc2cc(O)c([C@@H]3O[C@H](CO)[C@@H](O)[C@H](O)[C@H]3O)c(O)c12. The van der Waals surface area contributed by atoms with Crippen molar-refractivity contribution in [2.24, 2.45) is 0 Å². The fourth-order valence-electron chi connectivity index (χ4n) is 5.40. The highest BCUT2D eigenvalue weighted by atomic mass is 16.6. The summed E-state index contributed by atoms with van der Waals surface area (Å²) in [5.74, 6) is -2.16. The monoisotopic (exact) mass is 594 g/mol. The Morgan fingerprint density at radius 1 is 0.667 bits per heavy atom. The molecule has 10 atom stereocenters. The van der Waals surface area contributed by atoms with Gasteiger partial charge in [-0.3, -0.25) is 4.79 Å². The molecule has 11 N–H and O–H groups in total. The number of phenolic OH excluding ortho intramolecular Hbond substituents is 3. The van der Waals surface area contributed by atoms with Crippen molar-refractivity contribution in [2.45, 2.75) is 61.0 Å². The minimum Gasteiger partial charge on any atom is -0.508 e. The summed E-state index contributed by atoms with van der Waals surface area (Å²) in [4.78, 5) is 14.1. The van der Waals surface area contributed by atoms with Crippen LogP contribution in [0.25, 0.3) is 22.3 Å². The van der Waals surface area contributed by atoms with Crippen molar-refractivity contribution in [3.63, 3.8) is 0 Å². The first kappa shape index (κ1) is 30.1. The van der Waals surface area contributed by atoms with Crippen LogP contribution in [0.1, 0.15) is 23.3 Å². The molecule has 0 spiro atoms. The Labute approximate surface area is 235 Å². The van der Waals surface area contributed by atoms with E-state index in [4.69, 9.17) is 13.9 Å². The number of phenols is 3. The highest BCUT2D eigenvalue weighted by molar-refractivity contribution is 5.89. The number of benzene rings is 2. The molecular formula is C27H30O15. The van der Waals surface area contributed by atoms with Crippen molar-refractivity contribution in [3.8, 4) is 28.6 Å². The minimum absolute atomic E-state index is 0.143. The zero-order chi connectivity index (χ0) is 30.6. The van der Waals surface area contributed by atoms with E-state index in [2.05, 4.69) is 0 Å². The Bertz CT molecular complexity index is 1500. The van der Waals surface area contributed by atoms with Gasteiger partial charge in [-0.05, 0) is 24.3 Å². The van der Waals surface area contributed by atoms with Gasteiger partial charge in [0.15, 0.2) is 0 Å². The summed E-state index contributed by atoms with van der Waals surface area (Å²) in [6.07, 6.45) is -17.5. The second-order valence-electron chi connectivity index (χ2n) is 10.3. The molecule has 0 bridgehead atoms. The van der Waals surface area contributed by atoms with Crippen LogP contribution in [-0.4, -0.2) is 118 Å². The molecule has 2 fully saturated rings. The summed E-state index contributed by atoms with van der Waals surface area (Å²) in [6.45, 7) is -1.62. The second kappa shape index (κ2) is 11.4. The van der Waals surface area contributed by atoms with Gasteiger partial charge < -0.3 is 70.1 Å². The lowest BCUT2D eigenvalue weighted by atomic mass is 9.87. The fraction of sp³-hybridized carbons (Fsp3) is 0.444. The predicted molar refractivity (Wildman–Crippen MR) is 138 cm³/mol. The van der Waals surface area contributed by atoms with Crippen LogP contribution in [0.5, 0.6) is 17.2 Å². The van der Waals surface area contributed by atoms with Crippen LogP contribution in [-0.2, 0) is 9.47 Å². The van der Waals surface area contributed by atoms with E-state index in [9.17, 15) is 61.0 Å². The molecule has 228 valence electrons. The molecule has 0 unspecified atom stereocenters. The summed E-state index contributed by atoms with van der Waals surface area (Å²) >= 11 is 0. The summed E-state index contributed by atoms with van der Waals surface area (Å²) in [5, 5.41) is 113. The Kier molecular flexibility index (Phi) is 8.16. The Balaban J connectivity index is 1.77. The van der Waals surface area contributed by atoms with Crippen LogP contribution < -0.4 is 5.43 Å². The van der Waals surface area contributed by atoms with Crippen LogP contribution in [0.2, 0.25) is 0 Å². The molecule has 0 amide bonds. The topological polar surface area (TPSA) is 271 Å². The summed E-state index contributed by atoms with van der Waals surface area (Å²) in [7, 11) is 0. The zero-order valence-electron chi connectivity index (χ0n) is 21.6. The smallest absolute Gasteiger partial charge is 0.203 e. The maximum atomic E-state index is 14.1. The number of fused-ring (bicyclic) bond motifs is 1. The predicted octanol–water partition coefficient (Wildman–Crippen LogP) is -2.39. The number of aromatic hydroxyl groups is 3. The molecule has 1 aromatic heterocycles. The average molecular weight is 595 g/mol. The maximum Gasteiger partial charge on any atom is 0.203 e. The Morgan fingerprint density at radius 2 is 1.17 bits per heavy atom. The standard InChI is InChI=1S/C27H30O15/c28-6-12-17(32)21(36)23(38)26(41-12)14-10(31)5-11-15(19(14)34)20(35)16(25(40-11)8-1-3-9(30)4-2-8)27-24(39)22(37)18(33)13(7-29)42-27/h1-5,12-13,17-18,21-24,26-34,36-39H,6-7H2/t12-,13-,17-,18-,21+,22-,23-,24-,26+,27+/m1/s1. The van der Waals surface area contributed by atoms with Gasteiger partial charge in [-0.25, -0.2) is 0 Å². The van der Waals surface area contributed by atoms with Crippen LogP contribution in [0.15, 0.2) is 39.5 Å². The van der Waals surface area contributed by atoms with Gasteiger partial charge in [0.1, 0.15) is 95.0 Å². The van der Waals surface area contributed by atoms with Crippen molar-refractivity contribution in [2.75, 3.05) is 13.2 Å². The lowest BCUT2D eigenvalue weighted by molar-refractivity contribution is -0.232. The summed E-state index contributed by atoms with van der Waals surface area (Å²) in [5.41, 5.74) is -2.39. The van der Waals surface area contributed by atoms with Crippen LogP contribution in [0.4, 0.5) is 0 Å². The van der Waals surface area contributed by atoms with Crippen molar-refractivity contribution < 1.29 is 70.1 Å². The molecule has 2 saturated heterocycles. The van der Waals surface area contributed by atoms with E-state index >= 15 is 0 Å². The van der Waals surface area contributed by atoms with Gasteiger partial charge in [0.2, 0.25) is 5.43 Å². The first-order valence-corrected chi connectivity index (χ1v) is 12.9. The van der Waals surface area contributed by atoms with Gasteiger partial charge in [-0.2, -0.15) is 0 Å². The molecule has 3 heterocycles. The lowest BCUT2D eigenvalue weighted by Crippen LogP contribution is -2.56. The number of aliphatic hydroxyl groups is 8. The molecule has 42 heavy (non-hydrogen) atoms. The normalized spacial score (nSPS) is 33.6. The van der Waals surface area contributed by atoms with Gasteiger partial charge in [-0.15, -0.1) is 0 Å². The molecule has 2 aromatic carbocycles. The molecule has 0 radical (unpaired) electrons. The van der Waals surface area contributed by atoms with Crippen molar-refractivity contribution in [1.29, 1.82) is 0 Å². The number of rotatable bonds is 5. The van der Waals surface area contributed by atoms with Gasteiger partial charge in [0.05, 0.1) is 24.3 Å². The van der Waals surface area contributed by atoms with E-state index in [1.54, 1.807) is 0 Å². The van der Waals surface area contributed by atoms with E-state index in [0.29, 0.717) is 0 Å². The fourth-order valence-corrected chi connectivity index (χ4v) is 5.40. The van der Waals surface area contributed by atoms with E-state index < -0.39 is 113 Å². The van der Waals surface area contributed by atoms with Gasteiger partial charge in [0.25, 0.3) is 0 Å². The lowest BCUT2D eigenvalue weighted by Gasteiger charge is -2.40. The van der Waals surface area contributed by atoms with Crippen LogP contribution in [0.3, 0.4) is 0 Å². The first-order valence-electron chi connectivity index (χ1n) is 12.9. The van der Waals surface area contributed by atoms with Crippen molar-refractivity contribution in [3.05, 3.63) is 51.7 Å². The number of ether oxygens (including phenoxy) is 2. The maximum absolute atomic E-state index is 14.1. The van der Waals surface area contributed by atoms with Crippen LogP contribution >= 0.6 is 0 Å². The van der Waals surface area contributed by atoms with E-state index in [1.165, 1.54) is 24.3 Å². The van der Waals surface area contributed by atoms with E-state index in [-0.39, 0.29) is 17.1 Å². The molecule has 0 saturated carbocycles. The highest BCUT2D eigenvalue weighted by Gasteiger charge is 2.48. The third-order valence-electron chi connectivity index (χ3n) is 7.69. The van der Waals surface area contributed by atoms with Crippen LogP contribution in [0, 0.1) is 0 Å². The molecule has 2 aliphatic heterocycles. The Morgan fingerprint density at radius 3 is 1.67 bits per heavy atom. The van der Waals surface area contributed by atoms with Gasteiger partial charge in [0, 0.05) is 11.6 Å². The molecule has 15 nitrogen and oxygen atoms in total. The molecule has 3 aromatic rings. The highest BCUT2D eigenvalue weighted by Crippen LogP contribution is 2.46. The largest absolute Gasteiger partial charge is 0.508 e. The molecule has 0 aliphatic carbocycles. The first-order chi connectivity index (χ1) is 19.9. The zero-order valence-corrected chi connectivity index (χ0v) is 21.6. The van der Waals surface area contributed by atoms with Crippen molar-refractivity contribution in [1.82, 2.24) is 0 Å². The quantitative estimate of drug-likeness (QED) is 0.147. The Hall–Kier alpha value is -3.35. The van der Waals surface area contributed by atoms with E-state index in [1.807, 2.05) is 0 Å². The number of hydrogen-bond donors (Lipinski definition) is 11. The van der Waals surface area contributed by atoms with Gasteiger partial charge >= 0.3 is 0 Å². The number of aliphatic hydroxyl groups excluding tert-OH is 8. The molecule has 5 rings (SSSR count). The molecule has 2 aliphatic rings. The summed E-state index contributed by atoms with van der Waals surface area (Å²) in [6, 6.07) is 6.11.